The van der Waals surface area contributed by atoms with Gasteiger partial charge in [-0.3, -0.25) is 5.32 Å². The summed E-state index contributed by atoms with van der Waals surface area (Å²) in [4.78, 5) is 0. The number of benzene rings is 2. The molecule has 7 nitrogen and oxygen atoms in total. The van der Waals surface area contributed by atoms with Crippen LogP contribution >= 0.6 is 0 Å². The molecule has 2 N–H and O–H groups in total. The third-order valence-corrected chi connectivity index (χ3v) is 4.85. The van der Waals surface area contributed by atoms with Gasteiger partial charge >= 0.3 is 0 Å². The van der Waals surface area contributed by atoms with Crippen LogP contribution in [0.1, 0.15) is 17.8 Å². The minimum Gasteiger partial charge on any atom is -0.494 e. The second-order valence-corrected chi connectivity index (χ2v) is 7.13. The fraction of sp³-hybridized carbons (Fsp3) is 0.208. The van der Waals surface area contributed by atoms with Crippen LogP contribution < -0.4 is 10.1 Å². The first-order chi connectivity index (χ1) is 15.2. The molecular weight excluding hydrogens is 390 g/mol. The predicted octanol–water partition coefficient (Wildman–Crippen LogP) is 3.25. The minimum atomic E-state index is -0.675. The number of aliphatic hydroxyl groups is 1. The molecule has 1 unspecified atom stereocenters. The van der Waals surface area contributed by atoms with Crippen LogP contribution in [0.2, 0.25) is 0 Å². The van der Waals surface area contributed by atoms with Crippen molar-refractivity contribution in [2.45, 2.75) is 19.1 Å². The van der Waals surface area contributed by atoms with Gasteiger partial charge in [0.1, 0.15) is 12.0 Å². The molecule has 4 aromatic rings. The molecule has 31 heavy (non-hydrogen) atoms. The third-order valence-electron chi connectivity index (χ3n) is 4.85. The van der Waals surface area contributed by atoms with Crippen molar-refractivity contribution in [3.05, 3.63) is 90.8 Å². The van der Waals surface area contributed by atoms with Crippen LogP contribution in [-0.4, -0.2) is 44.3 Å². The first kappa shape index (κ1) is 20.7. The molecule has 4 rings (SSSR count). The summed E-state index contributed by atoms with van der Waals surface area (Å²) in [7, 11) is 0. The molecule has 0 aliphatic rings. The summed E-state index contributed by atoms with van der Waals surface area (Å²) in [6.45, 7) is 4.74. The summed E-state index contributed by atoms with van der Waals surface area (Å²) in [5.41, 5.74) is 3.77. The standard InChI is InChI=1S/C24H25N5O2/c1-2-24(30)25-15-6-16-31-20-11-9-18(10-12-20)17-23-27-26-22-14-13-21(28-29(22)23)19-7-4-3-5-8-19/h2-5,7-14,24-25,30H,1,6,15-17H2. The fourth-order valence-corrected chi connectivity index (χ4v) is 3.19. The Morgan fingerprint density at radius 3 is 2.61 bits per heavy atom. The summed E-state index contributed by atoms with van der Waals surface area (Å²) < 4.78 is 7.56. The number of fused-ring (bicyclic) bond motifs is 1. The van der Waals surface area contributed by atoms with Gasteiger partial charge in [-0.15, -0.1) is 10.2 Å². The molecule has 158 valence electrons. The van der Waals surface area contributed by atoms with Crippen molar-refractivity contribution in [3.8, 4) is 17.0 Å². The molecular formula is C24H25N5O2. The average Bonchev–Trinajstić information content (AvgIpc) is 3.22. The Morgan fingerprint density at radius 1 is 1.03 bits per heavy atom. The molecule has 0 aliphatic carbocycles. The fourth-order valence-electron chi connectivity index (χ4n) is 3.19. The largest absolute Gasteiger partial charge is 0.494 e. The smallest absolute Gasteiger partial charge is 0.177 e. The lowest BCUT2D eigenvalue weighted by Gasteiger charge is -2.09. The number of nitrogens with zero attached hydrogens (tertiary/aromatic N) is 4. The van der Waals surface area contributed by atoms with Crippen LogP contribution in [0.5, 0.6) is 5.75 Å². The number of hydrogen-bond donors (Lipinski definition) is 2. The summed E-state index contributed by atoms with van der Waals surface area (Å²) in [5.74, 6) is 1.59. The maximum atomic E-state index is 9.36. The second-order valence-electron chi connectivity index (χ2n) is 7.13. The lowest BCUT2D eigenvalue weighted by Crippen LogP contribution is -2.28. The number of aliphatic hydroxyl groups excluding tert-OH is 1. The summed E-state index contributed by atoms with van der Waals surface area (Å²) >= 11 is 0. The van der Waals surface area contributed by atoms with Crippen LogP contribution in [0, 0.1) is 0 Å². The van der Waals surface area contributed by atoms with Crippen molar-refractivity contribution in [1.29, 1.82) is 0 Å². The summed E-state index contributed by atoms with van der Waals surface area (Å²) in [5, 5.41) is 25.6. The molecule has 2 heterocycles. The number of aromatic nitrogens is 4. The highest BCUT2D eigenvalue weighted by Crippen LogP contribution is 2.18. The average molecular weight is 415 g/mol. The Morgan fingerprint density at radius 2 is 1.84 bits per heavy atom. The summed E-state index contributed by atoms with van der Waals surface area (Å²) in [6, 6.07) is 21.9. The van der Waals surface area contributed by atoms with Gasteiger partial charge in [-0.1, -0.05) is 49.0 Å². The maximum Gasteiger partial charge on any atom is 0.177 e. The van der Waals surface area contributed by atoms with Gasteiger partial charge in [-0.25, -0.2) is 0 Å². The van der Waals surface area contributed by atoms with E-state index in [1.807, 2.05) is 66.7 Å². The van der Waals surface area contributed by atoms with E-state index in [-0.39, 0.29) is 0 Å². The molecule has 0 aliphatic heterocycles. The molecule has 2 aromatic heterocycles. The van der Waals surface area contributed by atoms with E-state index in [0.717, 1.165) is 40.5 Å². The van der Waals surface area contributed by atoms with Gasteiger partial charge in [0.05, 0.1) is 12.3 Å². The van der Waals surface area contributed by atoms with Crippen LogP contribution in [0.4, 0.5) is 0 Å². The molecule has 0 fully saturated rings. The van der Waals surface area contributed by atoms with Gasteiger partial charge in [-0.2, -0.15) is 9.61 Å². The SMILES string of the molecule is C=CC(O)NCCCOc1ccc(Cc2nnc3ccc(-c4ccccc4)nn23)cc1. The number of ether oxygens (including phenoxy) is 1. The molecule has 0 saturated carbocycles. The van der Waals surface area contributed by atoms with Crippen LogP contribution in [0.25, 0.3) is 16.9 Å². The van der Waals surface area contributed by atoms with E-state index in [0.29, 0.717) is 19.6 Å². The Bertz CT molecular complexity index is 1130. The minimum absolute atomic E-state index is 0.567. The van der Waals surface area contributed by atoms with Crippen LogP contribution in [-0.2, 0) is 6.42 Å². The van der Waals surface area contributed by atoms with E-state index in [4.69, 9.17) is 9.84 Å². The third kappa shape index (κ3) is 5.33. The zero-order chi connectivity index (χ0) is 21.5. The first-order valence-corrected chi connectivity index (χ1v) is 10.3. The quantitative estimate of drug-likeness (QED) is 0.235. The van der Waals surface area contributed by atoms with Crippen molar-refractivity contribution >= 4 is 5.65 Å². The number of hydrogen-bond acceptors (Lipinski definition) is 6. The molecule has 0 bridgehead atoms. The summed E-state index contributed by atoms with van der Waals surface area (Å²) in [6.07, 6.45) is 2.19. The molecule has 0 radical (unpaired) electrons. The normalized spacial score (nSPS) is 12.0. The zero-order valence-electron chi connectivity index (χ0n) is 17.2. The molecule has 7 heteroatoms. The van der Waals surface area contributed by atoms with Gasteiger partial charge in [-0.05, 0) is 42.3 Å². The topological polar surface area (TPSA) is 84.6 Å². The number of rotatable bonds is 10. The Hall–Kier alpha value is -3.55. The van der Waals surface area contributed by atoms with Crippen molar-refractivity contribution in [3.63, 3.8) is 0 Å². The van der Waals surface area contributed by atoms with Gasteiger partial charge in [0.2, 0.25) is 0 Å². The van der Waals surface area contributed by atoms with Crippen molar-refractivity contribution in [2.24, 2.45) is 0 Å². The predicted molar refractivity (Wildman–Crippen MR) is 120 cm³/mol. The van der Waals surface area contributed by atoms with Crippen molar-refractivity contribution < 1.29 is 9.84 Å². The molecule has 0 spiro atoms. The van der Waals surface area contributed by atoms with Gasteiger partial charge in [0.25, 0.3) is 0 Å². The first-order valence-electron chi connectivity index (χ1n) is 10.3. The van der Waals surface area contributed by atoms with Crippen molar-refractivity contribution in [1.82, 2.24) is 25.1 Å². The highest BCUT2D eigenvalue weighted by atomic mass is 16.5. The van der Waals surface area contributed by atoms with E-state index in [2.05, 4.69) is 22.1 Å². The highest BCUT2D eigenvalue weighted by molar-refractivity contribution is 5.59. The van der Waals surface area contributed by atoms with Crippen LogP contribution in [0.15, 0.2) is 79.4 Å². The Balaban J connectivity index is 1.38. The zero-order valence-corrected chi connectivity index (χ0v) is 17.2. The van der Waals surface area contributed by atoms with E-state index < -0.39 is 6.23 Å². The number of nitrogens with one attached hydrogen (secondary N) is 1. The van der Waals surface area contributed by atoms with Crippen LogP contribution in [0.3, 0.4) is 0 Å². The Kier molecular flexibility index (Phi) is 6.66. The molecule has 0 amide bonds. The van der Waals surface area contributed by atoms with Crippen molar-refractivity contribution in [2.75, 3.05) is 13.2 Å². The second kappa shape index (κ2) is 9.97. The van der Waals surface area contributed by atoms with Gasteiger partial charge in [0.15, 0.2) is 11.5 Å². The van der Waals surface area contributed by atoms with E-state index in [9.17, 15) is 5.11 Å². The maximum absolute atomic E-state index is 9.36. The lowest BCUT2D eigenvalue weighted by molar-refractivity contribution is 0.181. The molecule has 2 aromatic carbocycles. The van der Waals surface area contributed by atoms with E-state index >= 15 is 0 Å². The Labute approximate surface area is 181 Å². The van der Waals surface area contributed by atoms with Gasteiger partial charge < -0.3 is 9.84 Å². The molecule has 0 saturated heterocycles. The van der Waals surface area contributed by atoms with Gasteiger partial charge in [0, 0.05) is 18.5 Å². The highest BCUT2D eigenvalue weighted by Gasteiger charge is 2.10. The van der Waals surface area contributed by atoms with E-state index in [1.165, 1.54) is 6.08 Å². The molecule has 1 atom stereocenters. The van der Waals surface area contributed by atoms with E-state index in [1.54, 1.807) is 4.52 Å². The monoisotopic (exact) mass is 415 g/mol. The lowest BCUT2D eigenvalue weighted by atomic mass is 10.1.